The maximum Gasteiger partial charge on any atom is 0.228 e. The number of carbonyl (C=O) groups excluding carboxylic acids is 2. The van der Waals surface area contributed by atoms with Crippen molar-refractivity contribution in [3.05, 3.63) is 0 Å². The van der Waals surface area contributed by atoms with Crippen LogP contribution in [0.2, 0.25) is 0 Å². The molecule has 2 N–H and O–H groups in total. The van der Waals surface area contributed by atoms with Gasteiger partial charge in [-0.05, 0) is 6.42 Å². The highest BCUT2D eigenvalue weighted by atomic mass is 32.1. The first-order valence-electron chi connectivity index (χ1n) is 2.61. The number of amides is 1. The molecule has 0 heterocycles. The van der Waals surface area contributed by atoms with E-state index in [1.165, 1.54) is 0 Å². The Bertz CT molecular complexity index is 121. The molecule has 1 unspecified atom stereocenters. The normalized spacial score (nSPS) is 12.7. The molecule has 0 aliphatic carbocycles. The Balaban J connectivity index is 3.99. The fourth-order valence-electron chi connectivity index (χ4n) is 0.498. The minimum atomic E-state index is -0.715. The Morgan fingerprint density at radius 2 is 2.11 bits per heavy atom. The van der Waals surface area contributed by atoms with Crippen LogP contribution in [0.4, 0.5) is 0 Å². The summed E-state index contributed by atoms with van der Waals surface area (Å²) in [4.78, 5) is 20.7. The lowest BCUT2D eigenvalue weighted by Gasteiger charge is -2.02. The highest BCUT2D eigenvalue weighted by molar-refractivity contribution is 7.96. The summed E-state index contributed by atoms with van der Waals surface area (Å²) in [6.45, 7) is 1.71. The summed E-state index contributed by atoms with van der Waals surface area (Å²) < 4.78 is 0. The van der Waals surface area contributed by atoms with E-state index < -0.39 is 16.9 Å². The molecule has 0 aliphatic rings. The van der Waals surface area contributed by atoms with Gasteiger partial charge in [-0.2, -0.15) is 0 Å². The van der Waals surface area contributed by atoms with Gasteiger partial charge in [0.15, 0.2) is 5.12 Å². The zero-order valence-corrected chi connectivity index (χ0v) is 6.02. The Morgan fingerprint density at radius 1 is 1.67 bits per heavy atom. The van der Waals surface area contributed by atoms with Crippen molar-refractivity contribution in [3.63, 3.8) is 0 Å². The molecule has 0 spiro atoms. The molecule has 0 fully saturated rings. The van der Waals surface area contributed by atoms with Crippen molar-refractivity contribution in [1.82, 2.24) is 0 Å². The average Bonchev–Trinajstić information content (AvgIpc) is 1.64. The molecule has 1 amide bonds. The van der Waals surface area contributed by atoms with Gasteiger partial charge in [0, 0.05) is 0 Å². The molecule has 0 aromatic rings. The van der Waals surface area contributed by atoms with Crippen LogP contribution >= 0.6 is 12.6 Å². The largest absolute Gasteiger partial charge is 0.369 e. The number of primary amides is 1. The molecular formula is C5H9NO2S. The topological polar surface area (TPSA) is 60.2 Å². The van der Waals surface area contributed by atoms with E-state index in [-0.39, 0.29) is 0 Å². The quantitative estimate of drug-likeness (QED) is 0.434. The van der Waals surface area contributed by atoms with Crippen LogP contribution in [0, 0.1) is 5.92 Å². The molecule has 0 radical (unpaired) electrons. The van der Waals surface area contributed by atoms with Crippen molar-refractivity contribution in [1.29, 1.82) is 0 Å². The maximum absolute atomic E-state index is 10.4. The molecule has 3 nitrogen and oxygen atoms in total. The predicted octanol–water partition coefficient (Wildman–Crippen LogP) is -0.0457. The van der Waals surface area contributed by atoms with E-state index in [1.807, 2.05) is 0 Å². The third kappa shape index (κ3) is 2.51. The van der Waals surface area contributed by atoms with E-state index in [0.717, 1.165) is 0 Å². The van der Waals surface area contributed by atoms with Gasteiger partial charge >= 0.3 is 0 Å². The lowest BCUT2D eigenvalue weighted by molar-refractivity contribution is -0.127. The van der Waals surface area contributed by atoms with Gasteiger partial charge in [-0.15, -0.1) is 12.6 Å². The zero-order valence-electron chi connectivity index (χ0n) is 5.13. The van der Waals surface area contributed by atoms with E-state index in [1.54, 1.807) is 6.92 Å². The van der Waals surface area contributed by atoms with Crippen molar-refractivity contribution in [2.45, 2.75) is 13.3 Å². The Labute approximate surface area is 59.0 Å². The molecule has 52 valence electrons. The Hall–Kier alpha value is -0.510. The van der Waals surface area contributed by atoms with Gasteiger partial charge in [-0.1, -0.05) is 6.92 Å². The minimum absolute atomic E-state index is 0.428. The van der Waals surface area contributed by atoms with Gasteiger partial charge < -0.3 is 5.73 Å². The third-order valence-corrected chi connectivity index (χ3v) is 1.36. The minimum Gasteiger partial charge on any atom is -0.369 e. The smallest absolute Gasteiger partial charge is 0.228 e. The summed E-state index contributed by atoms with van der Waals surface area (Å²) in [5, 5.41) is -0.454. The van der Waals surface area contributed by atoms with Crippen LogP contribution in [0.3, 0.4) is 0 Å². The predicted molar refractivity (Wildman–Crippen MR) is 37.0 cm³/mol. The molecule has 1 atom stereocenters. The first-order chi connectivity index (χ1) is 4.09. The Morgan fingerprint density at radius 3 is 2.11 bits per heavy atom. The second kappa shape index (κ2) is 3.50. The lowest BCUT2D eigenvalue weighted by atomic mass is 10.1. The number of nitrogens with two attached hydrogens (primary N) is 1. The van der Waals surface area contributed by atoms with Crippen LogP contribution in [0.1, 0.15) is 13.3 Å². The number of rotatable bonds is 3. The van der Waals surface area contributed by atoms with Gasteiger partial charge in [0.1, 0.15) is 5.92 Å². The highest BCUT2D eigenvalue weighted by Gasteiger charge is 2.17. The Kier molecular flexibility index (Phi) is 3.30. The highest BCUT2D eigenvalue weighted by Crippen LogP contribution is 2.04. The van der Waals surface area contributed by atoms with Crippen molar-refractivity contribution < 1.29 is 9.59 Å². The fraction of sp³-hybridized carbons (Fsp3) is 0.600. The fourth-order valence-corrected chi connectivity index (χ4v) is 0.807. The van der Waals surface area contributed by atoms with Gasteiger partial charge in [0.05, 0.1) is 0 Å². The van der Waals surface area contributed by atoms with Crippen molar-refractivity contribution >= 4 is 23.7 Å². The molecule has 0 bridgehead atoms. The van der Waals surface area contributed by atoms with Crippen LogP contribution in [0.25, 0.3) is 0 Å². The molecule has 0 aromatic carbocycles. The molecule has 0 aliphatic heterocycles. The summed E-state index contributed by atoms with van der Waals surface area (Å²) in [6, 6.07) is 0. The SMILES string of the molecule is CCC(C(N)=O)C(=O)S. The van der Waals surface area contributed by atoms with E-state index in [9.17, 15) is 9.59 Å². The second-order valence-corrected chi connectivity index (χ2v) is 2.14. The number of thiol groups is 1. The van der Waals surface area contributed by atoms with Crippen LogP contribution in [-0.2, 0) is 9.59 Å². The first-order valence-corrected chi connectivity index (χ1v) is 3.06. The summed E-state index contributed by atoms with van der Waals surface area (Å²) in [6.07, 6.45) is 0.428. The third-order valence-electron chi connectivity index (χ3n) is 1.05. The van der Waals surface area contributed by atoms with Crippen LogP contribution in [0.15, 0.2) is 0 Å². The van der Waals surface area contributed by atoms with Crippen LogP contribution < -0.4 is 5.73 Å². The van der Waals surface area contributed by atoms with Gasteiger partial charge in [0.2, 0.25) is 5.91 Å². The second-order valence-electron chi connectivity index (χ2n) is 1.70. The molecule has 0 aromatic heterocycles. The van der Waals surface area contributed by atoms with Crippen LogP contribution in [0.5, 0.6) is 0 Å². The van der Waals surface area contributed by atoms with Gasteiger partial charge in [0.25, 0.3) is 0 Å². The number of carbonyl (C=O) groups is 2. The number of hydrogen-bond acceptors (Lipinski definition) is 2. The zero-order chi connectivity index (χ0) is 7.44. The van der Waals surface area contributed by atoms with Gasteiger partial charge in [-0.3, -0.25) is 9.59 Å². The van der Waals surface area contributed by atoms with E-state index in [4.69, 9.17) is 5.73 Å². The number of hydrogen-bond donors (Lipinski definition) is 2. The molecule has 0 saturated carbocycles. The van der Waals surface area contributed by atoms with E-state index in [2.05, 4.69) is 12.6 Å². The summed E-state index contributed by atoms with van der Waals surface area (Å²) in [7, 11) is 0. The summed E-state index contributed by atoms with van der Waals surface area (Å²) in [5.74, 6) is -1.31. The monoisotopic (exact) mass is 147 g/mol. The maximum atomic E-state index is 10.4. The summed E-state index contributed by atoms with van der Waals surface area (Å²) in [5.41, 5.74) is 4.84. The average molecular weight is 147 g/mol. The van der Waals surface area contributed by atoms with Crippen molar-refractivity contribution in [2.75, 3.05) is 0 Å². The standard InChI is InChI=1S/C5H9NO2S/c1-2-3(4(6)7)5(8)9/h3H,2H2,1H3,(H2,6,7)(H,8,9). The van der Waals surface area contributed by atoms with Crippen molar-refractivity contribution in [3.8, 4) is 0 Å². The van der Waals surface area contributed by atoms with E-state index in [0.29, 0.717) is 6.42 Å². The molecule has 4 heteroatoms. The van der Waals surface area contributed by atoms with Crippen LogP contribution in [-0.4, -0.2) is 11.0 Å². The van der Waals surface area contributed by atoms with Crippen molar-refractivity contribution in [2.24, 2.45) is 11.7 Å². The first kappa shape index (κ1) is 8.49. The lowest BCUT2D eigenvalue weighted by Crippen LogP contribution is -2.26. The van der Waals surface area contributed by atoms with E-state index >= 15 is 0 Å². The molecule has 9 heavy (non-hydrogen) atoms. The molecule has 0 saturated heterocycles. The molecular weight excluding hydrogens is 138 g/mol. The molecule has 0 rings (SSSR count). The summed E-state index contributed by atoms with van der Waals surface area (Å²) >= 11 is 3.47. The van der Waals surface area contributed by atoms with Gasteiger partial charge in [-0.25, -0.2) is 0 Å².